The fraction of sp³-hybridized carbons (Fsp3) is 0.435. The van der Waals surface area contributed by atoms with Crippen LogP contribution in [0, 0.1) is 5.82 Å². The molecule has 3 aromatic rings. The van der Waals surface area contributed by atoms with E-state index >= 15 is 0 Å². The molecule has 0 amide bonds. The molecule has 5 rings (SSSR count). The van der Waals surface area contributed by atoms with E-state index in [0.29, 0.717) is 23.2 Å². The summed E-state index contributed by atoms with van der Waals surface area (Å²) in [5.74, 6) is -0.400. The summed E-state index contributed by atoms with van der Waals surface area (Å²) in [6, 6.07) is 5.91. The van der Waals surface area contributed by atoms with E-state index in [1.54, 1.807) is 12.1 Å². The van der Waals surface area contributed by atoms with Crippen molar-refractivity contribution in [2.24, 2.45) is 0 Å². The average molecular weight is 500 g/mol. The number of benzene rings is 1. The smallest absolute Gasteiger partial charge is 0.330 e. The highest BCUT2D eigenvalue weighted by atomic mass is 32.2. The number of nitrogens with zero attached hydrogens (tertiary/aromatic N) is 5. The van der Waals surface area contributed by atoms with Crippen molar-refractivity contribution < 1.29 is 9.18 Å². The number of thioether (sulfide) groups is 1. The lowest BCUT2D eigenvalue weighted by atomic mass is 10.1. The number of halogens is 1. The topological polar surface area (TPSA) is 132 Å². The van der Waals surface area contributed by atoms with Gasteiger partial charge in [-0.15, -0.1) is 10.2 Å². The van der Waals surface area contributed by atoms with E-state index < -0.39 is 17.0 Å². The molecule has 10 nitrogen and oxygen atoms in total. The number of anilines is 1. The molecule has 2 fully saturated rings. The number of likely N-dealkylation sites (tertiary alicyclic amines) is 1. The summed E-state index contributed by atoms with van der Waals surface area (Å²) in [6.07, 6.45) is 5.01. The first-order valence-electron chi connectivity index (χ1n) is 11.6. The summed E-state index contributed by atoms with van der Waals surface area (Å²) in [5.41, 5.74) is 5.15. The average Bonchev–Trinajstić information content (AvgIpc) is 3.59. The number of carbonyl (C=O) groups excluding carboxylic acids is 1. The molecule has 2 aliphatic rings. The van der Waals surface area contributed by atoms with Gasteiger partial charge in [-0.25, -0.2) is 9.18 Å². The van der Waals surface area contributed by atoms with Gasteiger partial charge in [-0.1, -0.05) is 18.2 Å². The quantitative estimate of drug-likeness (QED) is 0.356. The molecule has 1 saturated carbocycles. The first-order chi connectivity index (χ1) is 16.9. The van der Waals surface area contributed by atoms with Gasteiger partial charge in [0.05, 0.1) is 12.3 Å². The van der Waals surface area contributed by atoms with E-state index in [9.17, 15) is 18.8 Å². The van der Waals surface area contributed by atoms with Gasteiger partial charge in [0.2, 0.25) is 0 Å². The van der Waals surface area contributed by atoms with Crippen LogP contribution in [0.25, 0.3) is 5.69 Å². The van der Waals surface area contributed by atoms with Crippen LogP contribution >= 0.6 is 11.8 Å². The van der Waals surface area contributed by atoms with Crippen molar-refractivity contribution in [2.75, 3.05) is 24.6 Å². The Morgan fingerprint density at radius 3 is 2.51 bits per heavy atom. The van der Waals surface area contributed by atoms with Crippen molar-refractivity contribution in [1.82, 2.24) is 29.2 Å². The number of rotatable bonds is 8. The summed E-state index contributed by atoms with van der Waals surface area (Å²) in [6.45, 7) is 2.52. The van der Waals surface area contributed by atoms with Crippen LogP contribution in [0.2, 0.25) is 0 Å². The van der Waals surface area contributed by atoms with Gasteiger partial charge in [0.25, 0.3) is 5.56 Å². The lowest BCUT2D eigenvalue weighted by Gasteiger charge is -2.26. The van der Waals surface area contributed by atoms with Crippen molar-refractivity contribution >= 4 is 23.4 Å². The molecule has 184 valence electrons. The van der Waals surface area contributed by atoms with E-state index in [2.05, 4.69) is 20.1 Å². The van der Waals surface area contributed by atoms with Crippen LogP contribution in [0.5, 0.6) is 0 Å². The van der Waals surface area contributed by atoms with Crippen LogP contribution in [-0.2, 0) is 6.54 Å². The number of nitrogens with one attached hydrogen (secondary N) is 1. The van der Waals surface area contributed by atoms with Crippen molar-refractivity contribution in [1.29, 1.82) is 0 Å². The Labute approximate surface area is 204 Å². The van der Waals surface area contributed by atoms with Gasteiger partial charge in [-0.3, -0.25) is 28.6 Å². The molecular formula is C23H26FN7O3S. The van der Waals surface area contributed by atoms with Crippen LogP contribution < -0.4 is 17.0 Å². The normalized spacial score (nSPS) is 16.5. The number of ketones is 1. The van der Waals surface area contributed by atoms with Gasteiger partial charge in [-0.05, 0) is 63.0 Å². The highest BCUT2D eigenvalue weighted by Crippen LogP contribution is 2.35. The van der Waals surface area contributed by atoms with E-state index in [1.807, 2.05) is 4.57 Å². The SMILES string of the molecule is Nc1c(C(=O)CSc2nnc(CN3CCCCC3)n2-c2ccc(F)cc2)c(=O)[nH]c(=O)n1C1CC1. The largest absolute Gasteiger partial charge is 0.384 e. The lowest BCUT2D eigenvalue weighted by Crippen LogP contribution is -2.36. The highest BCUT2D eigenvalue weighted by Gasteiger charge is 2.30. The number of aromatic amines is 1. The van der Waals surface area contributed by atoms with Crippen molar-refractivity contribution in [2.45, 2.75) is 49.8 Å². The summed E-state index contributed by atoms with van der Waals surface area (Å²) >= 11 is 1.12. The van der Waals surface area contributed by atoms with Crippen LogP contribution in [-0.4, -0.2) is 53.8 Å². The molecule has 1 aliphatic carbocycles. The van der Waals surface area contributed by atoms with E-state index in [4.69, 9.17) is 5.73 Å². The third kappa shape index (κ3) is 4.94. The number of hydrogen-bond acceptors (Lipinski definition) is 8. The Morgan fingerprint density at radius 1 is 1.11 bits per heavy atom. The van der Waals surface area contributed by atoms with Crippen LogP contribution in [0.3, 0.4) is 0 Å². The zero-order valence-corrected chi connectivity index (χ0v) is 19.9. The Balaban J connectivity index is 1.42. The Morgan fingerprint density at radius 2 is 1.83 bits per heavy atom. The zero-order valence-electron chi connectivity index (χ0n) is 19.1. The summed E-state index contributed by atoms with van der Waals surface area (Å²) in [7, 11) is 0. The molecule has 0 spiro atoms. The van der Waals surface area contributed by atoms with E-state index in [1.165, 1.54) is 23.1 Å². The third-order valence-electron chi connectivity index (χ3n) is 6.30. The van der Waals surface area contributed by atoms with Gasteiger partial charge in [0.15, 0.2) is 16.8 Å². The highest BCUT2D eigenvalue weighted by molar-refractivity contribution is 7.99. The molecule has 12 heteroatoms. The molecule has 0 bridgehead atoms. The fourth-order valence-electron chi connectivity index (χ4n) is 4.40. The second kappa shape index (κ2) is 9.78. The van der Waals surface area contributed by atoms with Gasteiger partial charge < -0.3 is 5.73 Å². The molecule has 0 atom stereocenters. The molecule has 1 aromatic carbocycles. The van der Waals surface area contributed by atoms with Crippen LogP contribution in [0.1, 0.15) is 54.3 Å². The minimum atomic E-state index is -0.791. The van der Waals surface area contributed by atoms with Crippen molar-refractivity contribution in [3.8, 4) is 5.69 Å². The summed E-state index contributed by atoms with van der Waals surface area (Å²) < 4.78 is 16.7. The second-order valence-electron chi connectivity index (χ2n) is 8.88. The first kappa shape index (κ1) is 23.5. The number of nitrogen functional groups attached to an aromatic ring is 1. The first-order valence-corrected chi connectivity index (χ1v) is 12.6. The molecule has 1 aliphatic heterocycles. The summed E-state index contributed by atoms with van der Waals surface area (Å²) in [4.78, 5) is 42.1. The Hall–Kier alpha value is -3.25. The number of hydrogen-bond donors (Lipinski definition) is 2. The Kier molecular flexibility index (Phi) is 6.56. The van der Waals surface area contributed by atoms with Gasteiger partial charge in [0.1, 0.15) is 17.2 Å². The number of Topliss-reactive ketones (excluding diaryl/α,β-unsaturated/α-hetero) is 1. The maximum absolute atomic E-state index is 13.6. The van der Waals surface area contributed by atoms with Crippen LogP contribution in [0.15, 0.2) is 39.0 Å². The number of carbonyl (C=O) groups is 1. The Bertz CT molecular complexity index is 1350. The number of piperidine rings is 1. The minimum Gasteiger partial charge on any atom is -0.384 e. The van der Waals surface area contributed by atoms with E-state index in [-0.39, 0.29) is 29.0 Å². The molecule has 0 radical (unpaired) electrons. The van der Waals surface area contributed by atoms with Gasteiger partial charge in [-0.2, -0.15) is 0 Å². The molecule has 2 aromatic heterocycles. The predicted octanol–water partition coefficient (Wildman–Crippen LogP) is 2.13. The molecule has 3 N–H and O–H groups in total. The van der Waals surface area contributed by atoms with Crippen molar-refractivity contribution in [3.05, 3.63) is 62.3 Å². The lowest BCUT2D eigenvalue weighted by molar-refractivity contribution is 0.102. The fourth-order valence-corrected chi connectivity index (χ4v) is 5.24. The monoisotopic (exact) mass is 499 g/mol. The standard InChI is InChI=1S/C23H26FN7O3S/c24-14-4-6-15(7-5-14)30-18(12-29-10-2-1-3-11-29)27-28-23(30)35-13-17(32)19-20(25)31(16-8-9-16)22(34)26-21(19)33/h4-7,16H,1-3,8-13,25H2,(H,26,33,34). The summed E-state index contributed by atoms with van der Waals surface area (Å²) in [5, 5.41) is 9.10. The zero-order chi connectivity index (χ0) is 24.5. The second-order valence-corrected chi connectivity index (χ2v) is 9.82. The van der Waals surface area contributed by atoms with Crippen LogP contribution in [0.4, 0.5) is 10.2 Å². The van der Waals surface area contributed by atoms with Gasteiger partial charge >= 0.3 is 5.69 Å². The maximum Gasteiger partial charge on any atom is 0.330 e. The molecule has 0 unspecified atom stereocenters. The minimum absolute atomic E-state index is 0.0857. The molecule has 1 saturated heterocycles. The van der Waals surface area contributed by atoms with Crippen molar-refractivity contribution in [3.63, 3.8) is 0 Å². The molecular weight excluding hydrogens is 473 g/mol. The molecule has 3 heterocycles. The predicted molar refractivity (Wildman–Crippen MR) is 130 cm³/mol. The molecule has 35 heavy (non-hydrogen) atoms. The number of aromatic nitrogens is 5. The number of nitrogens with two attached hydrogens (primary N) is 1. The number of H-pyrrole nitrogens is 1. The maximum atomic E-state index is 13.6. The van der Waals surface area contributed by atoms with E-state index in [0.717, 1.165) is 50.5 Å². The van der Waals surface area contributed by atoms with Gasteiger partial charge in [0, 0.05) is 11.7 Å². The third-order valence-corrected chi connectivity index (χ3v) is 7.23.